The molecule has 5 aliphatic heterocycles. The SMILES string of the molecule is CCCCN(CCCCN)C(=O)CN1C[C@H](c2ccc3c(c2)OCO3)[C@@H](C(=O)O)[C@@H]1CCNS(C)(=O)=O.COc1ccc([C@H]2CN(C)[C@@H](C)[C@@H]2C(=O)O)cc1.COc1ccc([C@H]2CN(C)[C@@H](C)[C@@H]2C(=O)O)cc1.COc1ccc([C@H]2CN(C)[C@@H](C)[C@@H]2C(=O)O)cc1. The Kier molecular flexibility index (Phi) is 27.3. The summed E-state index contributed by atoms with van der Waals surface area (Å²) >= 11 is 0. The minimum Gasteiger partial charge on any atom is -0.497 e. The van der Waals surface area contributed by atoms with Gasteiger partial charge in [-0.3, -0.25) is 28.9 Å². The number of carbonyl (C=O) groups is 5. The molecule has 0 unspecified atom stereocenters. The van der Waals surface area contributed by atoms with Gasteiger partial charge in [0, 0.05) is 93.7 Å². The molecule has 1 amide bonds. The topological polar surface area (TPSA) is 301 Å². The molecular weight excluding hydrogens is 1190 g/mol. The van der Waals surface area contributed by atoms with Crippen LogP contribution < -0.4 is 34.1 Å². The zero-order valence-electron chi connectivity index (χ0n) is 54.6. The number of fused-ring (bicyclic) bond motifs is 1. The fraction of sp³-hybridized carbons (Fsp3) is 0.567. The molecule has 12 atom stereocenters. The molecule has 24 heteroatoms. The van der Waals surface area contributed by atoms with Crippen molar-refractivity contribution in [1.82, 2.24) is 29.2 Å². The monoisotopic (exact) mass is 1290 g/mol. The highest BCUT2D eigenvalue weighted by molar-refractivity contribution is 7.88. The highest BCUT2D eigenvalue weighted by atomic mass is 32.2. The third-order valence-corrected chi connectivity index (χ3v) is 19.6. The van der Waals surface area contributed by atoms with E-state index in [0.29, 0.717) is 37.7 Å². The van der Waals surface area contributed by atoms with Crippen molar-refractivity contribution in [2.24, 2.45) is 29.4 Å². The van der Waals surface area contributed by atoms with Crippen LogP contribution in [0, 0.1) is 23.7 Å². The van der Waals surface area contributed by atoms with Gasteiger partial charge < -0.3 is 69.4 Å². The highest BCUT2D eigenvalue weighted by Gasteiger charge is 2.48. The van der Waals surface area contributed by atoms with Crippen LogP contribution in [0.5, 0.6) is 28.7 Å². The van der Waals surface area contributed by atoms with Crippen LogP contribution in [-0.4, -0.2) is 222 Å². The van der Waals surface area contributed by atoms with E-state index in [-0.39, 0.29) is 85.8 Å². The average Bonchev–Trinajstić information content (AvgIpc) is 1.79. The molecule has 0 radical (unpaired) electrons. The highest BCUT2D eigenvalue weighted by Crippen LogP contribution is 2.44. The third-order valence-electron chi connectivity index (χ3n) is 18.9. The first-order valence-corrected chi connectivity index (χ1v) is 33.2. The van der Waals surface area contributed by atoms with Crippen LogP contribution in [0.3, 0.4) is 0 Å². The summed E-state index contributed by atoms with van der Waals surface area (Å²) in [5.41, 5.74) is 9.63. The van der Waals surface area contributed by atoms with Gasteiger partial charge in [0.05, 0.1) is 57.8 Å². The number of methoxy groups -OCH3 is 3. The number of nitrogens with zero attached hydrogens (tertiary/aromatic N) is 5. The number of carbonyl (C=O) groups excluding carboxylic acids is 1. The Morgan fingerprint density at radius 3 is 1.33 bits per heavy atom. The van der Waals surface area contributed by atoms with Crippen molar-refractivity contribution in [3.63, 3.8) is 0 Å². The predicted molar refractivity (Wildman–Crippen MR) is 346 cm³/mol. The molecule has 0 aromatic heterocycles. The van der Waals surface area contributed by atoms with Gasteiger partial charge in [-0.2, -0.15) is 0 Å². The predicted octanol–water partition coefficient (Wildman–Crippen LogP) is 6.63. The summed E-state index contributed by atoms with van der Waals surface area (Å²) in [6.45, 7) is 12.8. The maximum absolute atomic E-state index is 13.4. The molecule has 4 saturated heterocycles. The summed E-state index contributed by atoms with van der Waals surface area (Å²) in [5.74, 6) is -1.72. The Morgan fingerprint density at radius 2 is 0.956 bits per heavy atom. The maximum Gasteiger partial charge on any atom is 0.308 e. The van der Waals surface area contributed by atoms with E-state index in [0.717, 1.165) is 91.1 Å². The molecule has 0 spiro atoms. The Bertz CT molecular complexity index is 2920. The van der Waals surface area contributed by atoms with Crippen molar-refractivity contribution in [1.29, 1.82) is 0 Å². The average molecular weight is 1290 g/mol. The quantitative estimate of drug-likeness (QED) is 0.0401. The van der Waals surface area contributed by atoms with Gasteiger partial charge in [0.2, 0.25) is 22.7 Å². The van der Waals surface area contributed by atoms with Gasteiger partial charge in [0.1, 0.15) is 17.2 Å². The second kappa shape index (κ2) is 34.0. The van der Waals surface area contributed by atoms with Crippen LogP contribution in [0.4, 0.5) is 0 Å². The van der Waals surface area contributed by atoms with Gasteiger partial charge in [-0.15, -0.1) is 0 Å². The summed E-state index contributed by atoms with van der Waals surface area (Å²) in [7, 11) is 7.37. The first-order valence-electron chi connectivity index (χ1n) is 31.3. The minimum atomic E-state index is -3.43. The molecule has 91 heavy (non-hydrogen) atoms. The number of nitrogens with one attached hydrogen (secondary N) is 1. The van der Waals surface area contributed by atoms with E-state index in [1.54, 1.807) is 33.5 Å². The molecule has 0 aliphatic carbocycles. The third kappa shape index (κ3) is 19.3. The second-order valence-electron chi connectivity index (χ2n) is 24.5. The van der Waals surface area contributed by atoms with Crippen LogP contribution in [0.25, 0.3) is 0 Å². The molecule has 4 aromatic carbocycles. The number of sulfonamides is 1. The summed E-state index contributed by atoms with van der Waals surface area (Å²) in [6, 6.07) is 28.2. The van der Waals surface area contributed by atoms with Gasteiger partial charge in [0.15, 0.2) is 11.5 Å². The molecule has 4 fully saturated rings. The number of ether oxygens (including phenoxy) is 5. The van der Waals surface area contributed by atoms with E-state index in [4.69, 9.17) is 29.4 Å². The van der Waals surface area contributed by atoms with Crippen molar-refractivity contribution in [3.8, 4) is 28.7 Å². The zero-order chi connectivity index (χ0) is 66.9. The van der Waals surface area contributed by atoms with Crippen molar-refractivity contribution in [2.45, 2.75) is 108 Å². The van der Waals surface area contributed by atoms with Crippen molar-refractivity contribution >= 4 is 39.8 Å². The van der Waals surface area contributed by atoms with Crippen molar-refractivity contribution < 1.29 is 76.5 Å². The number of likely N-dealkylation sites (tertiary alicyclic amines) is 4. The number of nitrogens with two attached hydrogens (primary N) is 1. The summed E-state index contributed by atoms with van der Waals surface area (Å²) in [5, 5.41) is 38.4. The van der Waals surface area contributed by atoms with Crippen LogP contribution in [0.2, 0.25) is 0 Å². The first-order chi connectivity index (χ1) is 43.3. The normalized spacial score (nSPS) is 25.5. The molecule has 502 valence electrons. The van der Waals surface area contributed by atoms with E-state index >= 15 is 0 Å². The molecule has 5 heterocycles. The van der Waals surface area contributed by atoms with E-state index in [2.05, 4.69) is 26.3 Å². The maximum atomic E-state index is 13.4. The van der Waals surface area contributed by atoms with E-state index in [1.807, 2.05) is 131 Å². The number of benzene rings is 4. The van der Waals surface area contributed by atoms with Crippen LogP contribution in [0.15, 0.2) is 91.0 Å². The lowest BCUT2D eigenvalue weighted by atomic mass is 9.84. The molecule has 7 N–H and O–H groups in total. The number of hydrogen-bond donors (Lipinski definition) is 6. The number of hydrogen-bond acceptors (Lipinski definition) is 17. The number of amides is 1. The molecule has 0 saturated carbocycles. The Hall–Kier alpha value is -7.06. The largest absolute Gasteiger partial charge is 0.497 e. The van der Waals surface area contributed by atoms with E-state index in [1.165, 1.54) is 0 Å². The smallest absolute Gasteiger partial charge is 0.308 e. The van der Waals surface area contributed by atoms with Gasteiger partial charge >= 0.3 is 23.9 Å². The van der Waals surface area contributed by atoms with Crippen LogP contribution >= 0.6 is 0 Å². The number of rotatable bonds is 24. The van der Waals surface area contributed by atoms with Gasteiger partial charge in [-0.25, -0.2) is 13.1 Å². The van der Waals surface area contributed by atoms with Crippen molar-refractivity contribution in [2.75, 3.05) is 114 Å². The first kappa shape index (κ1) is 73.0. The molecule has 4 aromatic rings. The second-order valence-corrected chi connectivity index (χ2v) is 26.4. The molecule has 9 rings (SSSR count). The Labute approximate surface area is 536 Å². The number of unbranched alkanes of at least 4 members (excludes halogenated alkanes) is 2. The van der Waals surface area contributed by atoms with E-state index < -0.39 is 51.8 Å². The standard InChI is InChI=1S/C25H40N4O7S.3C14H19NO3/c1-3-4-12-28(13-6-5-10-26)23(30)16-29-15-19(18-7-8-21-22(14-18)36-17-35-21)24(25(31)32)20(29)9-11-27-37(2,33)34;3*1-9-13(14(16)17)12(8-15(9)2)10-4-6-11(18-3)7-5-10/h7-8,14,19-20,24,27H,3-6,9-13,15-17,26H2,1-2H3,(H,31,32);3*4-7,9,12-13H,8H2,1-3H3,(H,16,17)/t19-,20+,24-;3*9-,12+,13-/m1000/s1. The lowest BCUT2D eigenvalue weighted by molar-refractivity contribution is -0.144. The number of carboxylic acids is 4. The Balaban J connectivity index is 0.000000206. The number of likely N-dealkylation sites (N-methyl/N-ethyl adjacent to an activating group) is 3. The molecule has 0 bridgehead atoms. The fourth-order valence-electron chi connectivity index (χ4n) is 13.4. The zero-order valence-corrected chi connectivity index (χ0v) is 55.4. The lowest BCUT2D eigenvalue weighted by Crippen LogP contribution is -2.45. The minimum absolute atomic E-state index is 0.0495. The lowest BCUT2D eigenvalue weighted by Gasteiger charge is -2.29. The summed E-state index contributed by atoms with van der Waals surface area (Å²) in [4.78, 5) is 70.3. The number of carboxylic acid groups (broad SMARTS) is 4. The molecule has 5 aliphatic rings. The molecular formula is C67H97N7O16S. The van der Waals surface area contributed by atoms with E-state index in [9.17, 15) is 52.8 Å². The van der Waals surface area contributed by atoms with Gasteiger partial charge in [-0.1, -0.05) is 55.8 Å². The van der Waals surface area contributed by atoms with Gasteiger partial charge in [-0.05, 0) is 145 Å². The van der Waals surface area contributed by atoms with Crippen LogP contribution in [-0.2, 0) is 34.0 Å². The van der Waals surface area contributed by atoms with Gasteiger partial charge in [0.25, 0.3) is 0 Å². The fourth-order valence-corrected chi connectivity index (χ4v) is 13.9. The summed E-state index contributed by atoms with van der Waals surface area (Å²) in [6.07, 6.45) is 4.81. The van der Waals surface area contributed by atoms with Crippen molar-refractivity contribution in [3.05, 3.63) is 113 Å². The number of aliphatic carboxylic acids is 4. The van der Waals surface area contributed by atoms with Crippen LogP contribution in [0.1, 0.15) is 106 Å². The Morgan fingerprint density at radius 1 is 0.571 bits per heavy atom. The molecule has 23 nitrogen and oxygen atoms in total. The summed E-state index contributed by atoms with van der Waals surface area (Å²) < 4.78 is 52.0.